The topological polar surface area (TPSA) is 26.3 Å². The van der Waals surface area contributed by atoms with Crippen LogP contribution >= 0.6 is 11.6 Å². The lowest BCUT2D eigenvalue weighted by Gasteiger charge is -2.06. The fourth-order valence-corrected chi connectivity index (χ4v) is 1.30. The SMILES string of the molecule is C=CCC(=O)c1ccc(Cl)cc1OC. The van der Waals surface area contributed by atoms with Gasteiger partial charge in [0.05, 0.1) is 12.7 Å². The highest BCUT2D eigenvalue weighted by Crippen LogP contribution is 2.24. The van der Waals surface area contributed by atoms with E-state index in [1.807, 2.05) is 0 Å². The van der Waals surface area contributed by atoms with E-state index in [0.717, 1.165) is 0 Å². The molecule has 0 atom stereocenters. The summed E-state index contributed by atoms with van der Waals surface area (Å²) in [5.74, 6) is 0.484. The van der Waals surface area contributed by atoms with Crippen molar-refractivity contribution in [1.29, 1.82) is 0 Å². The fourth-order valence-electron chi connectivity index (χ4n) is 1.14. The number of hydrogen-bond donors (Lipinski definition) is 0. The molecule has 3 heteroatoms. The second kappa shape index (κ2) is 4.82. The molecule has 0 aliphatic rings. The molecule has 0 aliphatic carbocycles. The van der Waals surface area contributed by atoms with Crippen LogP contribution in [0.4, 0.5) is 0 Å². The summed E-state index contributed by atoms with van der Waals surface area (Å²) in [6.45, 7) is 3.51. The predicted octanol–water partition coefficient (Wildman–Crippen LogP) is 3.11. The molecule has 1 aromatic carbocycles. The zero-order valence-corrected chi connectivity index (χ0v) is 8.67. The van der Waals surface area contributed by atoms with E-state index < -0.39 is 0 Å². The van der Waals surface area contributed by atoms with Gasteiger partial charge in [-0.3, -0.25) is 4.79 Å². The van der Waals surface area contributed by atoms with Gasteiger partial charge in [0.15, 0.2) is 5.78 Å². The van der Waals surface area contributed by atoms with Gasteiger partial charge < -0.3 is 4.74 Å². The van der Waals surface area contributed by atoms with Gasteiger partial charge in [0.2, 0.25) is 0 Å². The predicted molar refractivity (Wildman–Crippen MR) is 57.1 cm³/mol. The van der Waals surface area contributed by atoms with E-state index in [0.29, 0.717) is 22.8 Å². The lowest BCUT2D eigenvalue weighted by Crippen LogP contribution is -2.00. The maximum atomic E-state index is 11.5. The second-order valence-electron chi connectivity index (χ2n) is 2.76. The summed E-state index contributed by atoms with van der Waals surface area (Å²) < 4.78 is 5.05. The van der Waals surface area contributed by atoms with Crippen molar-refractivity contribution in [3.8, 4) is 5.75 Å². The Morgan fingerprint density at radius 2 is 2.36 bits per heavy atom. The van der Waals surface area contributed by atoms with Gasteiger partial charge in [-0.1, -0.05) is 17.7 Å². The number of ketones is 1. The van der Waals surface area contributed by atoms with Crippen molar-refractivity contribution in [3.63, 3.8) is 0 Å². The van der Waals surface area contributed by atoms with Crippen molar-refractivity contribution < 1.29 is 9.53 Å². The van der Waals surface area contributed by atoms with Crippen molar-refractivity contribution in [3.05, 3.63) is 41.4 Å². The summed E-state index contributed by atoms with van der Waals surface area (Å²) in [5.41, 5.74) is 0.539. The Morgan fingerprint density at radius 3 is 2.93 bits per heavy atom. The molecule has 1 rings (SSSR count). The van der Waals surface area contributed by atoms with Crippen molar-refractivity contribution in [2.75, 3.05) is 7.11 Å². The van der Waals surface area contributed by atoms with Crippen LogP contribution in [0.5, 0.6) is 5.75 Å². The van der Waals surface area contributed by atoms with E-state index in [4.69, 9.17) is 16.3 Å². The number of ether oxygens (including phenoxy) is 1. The molecule has 0 N–H and O–H groups in total. The van der Waals surface area contributed by atoms with Crippen LogP contribution in [0.15, 0.2) is 30.9 Å². The quantitative estimate of drug-likeness (QED) is 0.564. The molecule has 0 radical (unpaired) electrons. The van der Waals surface area contributed by atoms with Crippen LogP contribution in [0.3, 0.4) is 0 Å². The molecule has 14 heavy (non-hydrogen) atoms. The smallest absolute Gasteiger partial charge is 0.170 e. The molecule has 0 bridgehead atoms. The van der Waals surface area contributed by atoms with Gasteiger partial charge in [-0.25, -0.2) is 0 Å². The highest BCUT2D eigenvalue weighted by Gasteiger charge is 2.10. The van der Waals surface area contributed by atoms with Crippen LogP contribution in [0.25, 0.3) is 0 Å². The van der Waals surface area contributed by atoms with Gasteiger partial charge in [-0.15, -0.1) is 6.58 Å². The molecule has 1 aromatic rings. The number of carbonyl (C=O) groups is 1. The van der Waals surface area contributed by atoms with Crippen molar-refractivity contribution in [1.82, 2.24) is 0 Å². The molecule has 0 aliphatic heterocycles. The minimum atomic E-state index is -0.0199. The first-order valence-corrected chi connectivity index (χ1v) is 4.54. The van der Waals surface area contributed by atoms with Gasteiger partial charge >= 0.3 is 0 Å². The molecule has 0 heterocycles. The first-order chi connectivity index (χ1) is 6.69. The standard InChI is InChI=1S/C11H11ClO2/c1-3-4-10(13)9-6-5-8(12)7-11(9)14-2/h3,5-7H,1,4H2,2H3. The van der Waals surface area contributed by atoms with Crippen LogP contribution < -0.4 is 4.74 Å². The Bertz CT molecular complexity index is 358. The molecule has 0 aromatic heterocycles. The lowest BCUT2D eigenvalue weighted by atomic mass is 10.1. The molecule has 0 spiro atoms. The van der Waals surface area contributed by atoms with Gasteiger partial charge in [-0.05, 0) is 18.2 Å². The van der Waals surface area contributed by atoms with E-state index in [2.05, 4.69) is 6.58 Å². The van der Waals surface area contributed by atoms with Crippen LogP contribution in [0, 0.1) is 0 Å². The summed E-state index contributed by atoms with van der Waals surface area (Å²) in [7, 11) is 1.51. The molecule has 0 saturated heterocycles. The number of allylic oxidation sites excluding steroid dienone is 1. The van der Waals surface area contributed by atoms with E-state index in [9.17, 15) is 4.79 Å². The number of methoxy groups -OCH3 is 1. The monoisotopic (exact) mass is 210 g/mol. The van der Waals surface area contributed by atoms with E-state index in [-0.39, 0.29) is 5.78 Å². The molecule has 0 saturated carbocycles. The maximum absolute atomic E-state index is 11.5. The molecule has 0 unspecified atom stereocenters. The number of Topliss-reactive ketones (excluding diaryl/α,β-unsaturated/α-hetero) is 1. The van der Waals surface area contributed by atoms with Crippen LogP contribution in [-0.4, -0.2) is 12.9 Å². The van der Waals surface area contributed by atoms with E-state index in [1.54, 1.807) is 24.3 Å². The number of halogens is 1. The number of carbonyl (C=O) groups excluding carboxylic acids is 1. The average molecular weight is 211 g/mol. The Kier molecular flexibility index (Phi) is 3.72. The molecule has 74 valence electrons. The second-order valence-corrected chi connectivity index (χ2v) is 3.20. The summed E-state index contributed by atoms with van der Waals surface area (Å²) in [6, 6.07) is 4.95. The van der Waals surface area contributed by atoms with Crippen LogP contribution in [-0.2, 0) is 0 Å². The van der Waals surface area contributed by atoms with Crippen molar-refractivity contribution in [2.45, 2.75) is 6.42 Å². The van der Waals surface area contributed by atoms with Gasteiger partial charge in [0.25, 0.3) is 0 Å². The van der Waals surface area contributed by atoms with E-state index in [1.165, 1.54) is 7.11 Å². The molecule has 0 fully saturated rings. The summed E-state index contributed by atoms with van der Waals surface area (Å²) >= 11 is 5.77. The minimum absolute atomic E-state index is 0.0199. The molecular formula is C11H11ClO2. The first-order valence-electron chi connectivity index (χ1n) is 4.16. The Labute approximate surface area is 88.1 Å². The summed E-state index contributed by atoms with van der Waals surface area (Å²) in [4.78, 5) is 11.5. The normalized spacial score (nSPS) is 9.57. The van der Waals surface area contributed by atoms with Gasteiger partial charge in [0, 0.05) is 11.4 Å². The first kappa shape index (κ1) is 10.8. The zero-order valence-electron chi connectivity index (χ0n) is 7.92. The average Bonchev–Trinajstić information content (AvgIpc) is 2.17. The lowest BCUT2D eigenvalue weighted by molar-refractivity contribution is 0.0993. The Morgan fingerprint density at radius 1 is 1.64 bits per heavy atom. The number of hydrogen-bond acceptors (Lipinski definition) is 2. The summed E-state index contributed by atoms with van der Waals surface area (Å²) in [6.07, 6.45) is 1.87. The summed E-state index contributed by atoms with van der Waals surface area (Å²) in [5, 5.41) is 0.553. The van der Waals surface area contributed by atoms with Crippen LogP contribution in [0.2, 0.25) is 5.02 Å². The van der Waals surface area contributed by atoms with Crippen molar-refractivity contribution >= 4 is 17.4 Å². The molecular weight excluding hydrogens is 200 g/mol. The number of rotatable bonds is 4. The Balaban J connectivity index is 3.07. The van der Waals surface area contributed by atoms with E-state index >= 15 is 0 Å². The largest absolute Gasteiger partial charge is 0.496 e. The highest BCUT2D eigenvalue weighted by molar-refractivity contribution is 6.30. The maximum Gasteiger partial charge on any atom is 0.170 e. The third kappa shape index (κ3) is 2.36. The molecule has 0 amide bonds. The van der Waals surface area contributed by atoms with Crippen LogP contribution in [0.1, 0.15) is 16.8 Å². The third-order valence-electron chi connectivity index (χ3n) is 1.79. The highest BCUT2D eigenvalue weighted by atomic mass is 35.5. The fraction of sp³-hybridized carbons (Fsp3) is 0.182. The zero-order chi connectivity index (χ0) is 10.6. The van der Waals surface area contributed by atoms with Gasteiger partial charge in [-0.2, -0.15) is 0 Å². The van der Waals surface area contributed by atoms with Crippen molar-refractivity contribution in [2.24, 2.45) is 0 Å². The third-order valence-corrected chi connectivity index (χ3v) is 2.03. The minimum Gasteiger partial charge on any atom is -0.496 e. The van der Waals surface area contributed by atoms with Gasteiger partial charge in [0.1, 0.15) is 5.75 Å². The number of benzene rings is 1. The molecule has 2 nitrogen and oxygen atoms in total. The Hall–Kier alpha value is -1.28.